The Bertz CT molecular complexity index is 972. The molecule has 174 valence electrons. The highest BCUT2D eigenvalue weighted by Gasteiger charge is 2.30. The first-order chi connectivity index (χ1) is 16.0. The van der Waals surface area contributed by atoms with Gasteiger partial charge < -0.3 is 25.2 Å². The average molecular weight is 453 g/mol. The molecule has 33 heavy (non-hydrogen) atoms. The highest BCUT2D eigenvalue weighted by atomic mass is 16.5. The van der Waals surface area contributed by atoms with Crippen LogP contribution in [-0.4, -0.2) is 55.0 Å². The molecule has 2 amide bonds. The maximum atomic E-state index is 12.5. The summed E-state index contributed by atoms with van der Waals surface area (Å²) >= 11 is 0. The lowest BCUT2D eigenvalue weighted by Gasteiger charge is -2.19. The third-order valence-corrected chi connectivity index (χ3v) is 6.12. The molecule has 1 heterocycles. The van der Waals surface area contributed by atoms with Crippen molar-refractivity contribution in [3.63, 3.8) is 0 Å². The number of hydrogen-bond donors (Lipinski definition) is 3. The van der Waals surface area contributed by atoms with Crippen molar-refractivity contribution in [1.82, 2.24) is 10.6 Å². The van der Waals surface area contributed by atoms with Gasteiger partial charge in [-0.1, -0.05) is 48.5 Å². The predicted molar refractivity (Wildman–Crippen MR) is 121 cm³/mol. The maximum absolute atomic E-state index is 12.5. The van der Waals surface area contributed by atoms with Gasteiger partial charge in [0.25, 0.3) is 0 Å². The van der Waals surface area contributed by atoms with Gasteiger partial charge in [0.05, 0.1) is 12.5 Å². The van der Waals surface area contributed by atoms with E-state index >= 15 is 0 Å². The number of carboxylic acids is 1. The van der Waals surface area contributed by atoms with Gasteiger partial charge in [-0.25, -0.2) is 4.79 Å². The number of alkyl carbamates (subject to hydrolysis) is 1. The Morgan fingerprint density at radius 1 is 1.06 bits per heavy atom. The summed E-state index contributed by atoms with van der Waals surface area (Å²) in [6.45, 7) is 1.16. The molecule has 2 aromatic carbocycles. The number of carbonyl (C=O) groups excluding carboxylic acids is 2. The molecule has 2 atom stereocenters. The minimum Gasteiger partial charge on any atom is -0.481 e. The van der Waals surface area contributed by atoms with Crippen LogP contribution in [-0.2, 0) is 19.1 Å². The molecule has 1 saturated heterocycles. The molecule has 8 heteroatoms. The van der Waals surface area contributed by atoms with Gasteiger partial charge in [-0.3, -0.25) is 9.59 Å². The highest BCUT2D eigenvalue weighted by Crippen LogP contribution is 2.44. The summed E-state index contributed by atoms with van der Waals surface area (Å²) in [7, 11) is 0. The zero-order valence-corrected chi connectivity index (χ0v) is 18.3. The smallest absolute Gasteiger partial charge is 0.407 e. The number of ether oxygens (including phenoxy) is 2. The van der Waals surface area contributed by atoms with E-state index in [9.17, 15) is 19.5 Å². The van der Waals surface area contributed by atoms with Crippen LogP contribution in [0.3, 0.4) is 0 Å². The number of carboxylic acid groups (broad SMARTS) is 1. The Morgan fingerprint density at radius 3 is 2.33 bits per heavy atom. The van der Waals surface area contributed by atoms with Crippen molar-refractivity contribution >= 4 is 18.0 Å². The Morgan fingerprint density at radius 2 is 1.73 bits per heavy atom. The molecule has 2 unspecified atom stereocenters. The first-order valence-corrected chi connectivity index (χ1v) is 11.3. The fourth-order valence-corrected chi connectivity index (χ4v) is 4.52. The van der Waals surface area contributed by atoms with E-state index in [-0.39, 0.29) is 18.6 Å². The van der Waals surface area contributed by atoms with Crippen LogP contribution in [0.4, 0.5) is 4.79 Å². The molecular weight excluding hydrogens is 424 g/mol. The largest absolute Gasteiger partial charge is 0.481 e. The van der Waals surface area contributed by atoms with E-state index in [1.165, 1.54) is 0 Å². The van der Waals surface area contributed by atoms with Crippen LogP contribution in [0.15, 0.2) is 48.5 Å². The van der Waals surface area contributed by atoms with Gasteiger partial charge in [0.2, 0.25) is 5.91 Å². The van der Waals surface area contributed by atoms with Gasteiger partial charge in [0, 0.05) is 19.1 Å². The highest BCUT2D eigenvalue weighted by molar-refractivity contribution is 5.89. The second-order valence-electron chi connectivity index (χ2n) is 8.34. The lowest BCUT2D eigenvalue weighted by molar-refractivity contribution is -0.139. The summed E-state index contributed by atoms with van der Waals surface area (Å²) in [6.07, 6.45) is 1.36. The lowest BCUT2D eigenvalue weighted by atomic mass is 9.98. The predicted octanol–water partition coefficient (Wildman–Crippen LogP) is 3.05. The molecule has 2 aliphatic rings. The minimum absolute atomic E-state index is 0.0836. The van der Waals surface area contributed by atoms with E-state index < -0.39 is 30.4 Å². The van der Waals surface area contributed by atoms with E-state index in [1.54, 1.807) is 0 Å². The summed E-state index contributed by atoms with van der Waals surface area (Å²) in [5.41, 5.74) is 4.36. The number of amides is 2. The Hall–Kier alpha value is -3.39. The number of aliphatic carboxylic acids is 1. The van der Waals surface area contributed by atoms with Crippen molar-refractivity contribution in [2.24, 2.45) is 0 Å². The average Bonchev–Trinajstić information content (AvgIpc) is 3.43. The maximum Gasteiger partial charge on any atom is 0.407 e. The van der Waals surface area contributed by atoms with Crippen molar-refractivity contribution in [2.75, 3.05) is 19.8 Å². The van der Waals surface area contributed by atoms with E-state index in [2.05, 4.69) is 10.6 Å². The summed E-state index contributed by atoms with van der Waals surface area (Å²) < 4.78 is 11.0. The molecule has 1 aliphatic carbocycles. The number of carbonyl (C=O) groups is 3. The molecule has 0 bridgehead atoms. The molecule has 1 aliphatic heterocycles. The fourth-order valence-electron chi connectivity index (χ4n) is 4.52. The third-order valence-electron chi connectivity index (χ3n) is 6.12. The van der Waals surface area contributed by atoms with Gasteiger partial charge in [-0.15, -0.1) is 0 Å². The number of fused-ring (bicyclic) bond motifs is 3. The molecule has 0 saturated carbocycles. The lowest BCUT2D eigenvalue weighted by Crippen LogP contribution is -2.48. The van der Waals surface area contributed by atoms with Crippen molar-refractivity contribution in [3.05, 3.63) is 59.7 Å². The first-order valence-electron chi connectivity index (χ1n) is 11.3. The van der Waals surface area contributed by atoms with Crippen LogP contribution in [0.5, 0.6) is 0 Å². The van der Waals surface area contributed by atoms with E-state index in [4.69, 9.17) is 9.47 Å². The second-order valence-corrected chi connectivity index (χ2v) is 8.34. The minimum atomic E-state index is -1.22. The quantitative estimate of drug-likeness (QED) is 0.539. The fraction of sp³-hybridized carbons (Fsp3) is 0.400. The van der Waals surface area contributed by atoms with Crippen LogP contribution in [0.25, 0.3) is 11.1 Å². The zero-order chi connectivity index (χ0) is 23.2. The third kappa shape index (κ3) is 5.51. The van der Waals surface area contributed by atoms with Crippen LogP contribution in [0, 0.1) is 0 Å². The summed E-state index contributed by atoms with van der Waals surface area (Å²) in [4.78, 5) is 36.2. The summed E-state index contributed by atoms with van der Waals surface area (Å²) in [5, 5.41) is 14.3. The standard InChI is InChI=1S/C25H28N2O6/c28-23(29)14-22(24(30)26-12-11-16-6-5-13-32-16)27-25(31)33-15-21-19-9-3-1-7-17(19)18-8-2-4-10-20(18)21/h1-4,7-10,16,21-22H,5-6,11-15H2,(H,26,30)(H,27,31)(H,28,29). The molecule has 2 aromatic rings. The molecule has 1 fully saturated rings. The van der Waals surface area contributed by atoms with E-state index in [0.29, 0.717) is 13.0 Å². The summed E-state index contributed by atoms with van der Waals surface area (Å²) in [6, 6.07) is 14.7. The van der Waals surface area contributed by atoms with Gasteiger partial charge in [-0.05, 0) is 41.5 Å². The number of hydrogen-bond acceptors (Lipinski definition) is 5. The van der Waals surface area contributed by atoms with Crippen molar-refractivity contribution in [2.45, 2.75) is 43.7 Å². The molecular formula is C25H28N2O6. The zero-order valence-electron chi connectivity index (χ0n) is 18.3. The Balaban J connectivity index is 1.34. The molecule has 3 N–H and O–H groups in total. The molecule has 8 nitrogen and oxygen atoms in total. The van der Waals surface area contributed by atoms with E-state index in [1.807, 2.05) is 48.5 Å². The van der Waals surface area contributed by atoms with Crippen molar-refractivity contribution in [1.29, 1.82) is 0 Å². The number of nitrogens with one attached hydrogen (secondary N) is 2. The summed E-state index contributed by atoms with van der Waals surface area (Å²) in [5.74, 6) is -1.86. The molecule has 0 aromatic heterocycles. The molecule has 4 rings (SSSR count). The molecule has 0 spiro atoms. The second kappa shape index (κ2) is 10.5. The van der Waals surface area contributed by atoms with E-state index in [0.717, 1.165) is 41.7 Å². The number of rotatable bonds is 9. The Labute approximate surface area is 192 Å². The topological polar surface area (TPSA) is 114 Å². The van der Waals surface area contributed by atoms with Crippen molar-refractivity contribution in [3.8, 4) is 11.1 Å². The van der Waals surface area contributed by atoms with Gasteiger partial charge >= 0.3 is 12.1 Å². The monoisotopic (exact) mass is 452 g/mol. The number of benzene rings is 2. The van der Waals surface area contributed by atoms with Crippen LogP contribution in [0.1, 0.15) is 42.7 Å². The SMILES string of the molecule is O=C(O)CC(NC(=O)OCC1c2ccccc2-c2ccccc21)C(=O)NCCC1CCCO1. The van der Waals surface area contributed by atoms with Crippen LogP contribution < -0.4 is 10.6 Å². The molecule has 0 radical (unpaired) electrons. The van der Waals surface area contributed by atoms with Crippen LogP contribution >= 0.6 is 0 Å². The Kier molecular flexibility index (Phi) is 7.24. The van der Waals surface area contributed by atoms with Crippen LogP contribution in [0.2, 0.25) is 0 Å². The normalized spacial score (nSPS) is 17.6. The van der Waals surface area contributed by atoms with Gasteiger partial charge in [0.15, 0.2) is 0 Å². The van der Waals surface area contributed by atoms with Gasteiger partial charge in [0.1, 0.15) is 12.6 Å². The van der Waals surface area contributed by atoms with Crippen molar-refractivity contribution < 1.29 is 29.0 Å². The first kappa shape index (κ1) is 22.8. The van der Waals surface area contributed by atoms with Gasteiger partial charge in [-0.2, -0.15) is 0 Å².